The molecule has 1 aliphatic rings. The summed E-state index contributed by atoms with van der Waals surface area (Å²) >= 11 is 0. The maximum Gasteiger partial charge on any atom is -0.0300 e. The molecule has 0 heteroatoms. The highest BCUT2D eigenvalue weighted by atomic mass is 14.5. The molecule has 0 aromatic carbocycles. The van der Waals surface area contributed by atoms with Gasteiger partial charge in [0.15, 0.2) is 0 Å². The van der Waals surface area contributed by atoms with Crippen LogP contribution in [0.5, 0.6) is 0 Å². The van der Waals surface area contributed by atoms with Gasteiger partial charge in [-0.25, -0.2) is 0 Å². The van der Waals surface area contributed by atoms with Gasteiger partial charge >= 0.3 is 0 Å². The van der Waals surface area contributed by atoms with Crippen LogP contribution in [0, 0.1) is 16.7 Å². The zero-order valence-electron chi connectivity index (χ0n) is 8.70. The van der Waals surface area contributed by atoms with Crippen LogP contribution in [-0.4, -0.2) is 0 Å². The molecule has 0 aliphatic heterocycles. The van der Waals surface area contributed by atoms with Crippen molar-refractivity contribution >= 4 is 0 Å². The van der Waals surface area contributed by atoms with Gasteiger partial charge in [0.2, 0.25) is 0 Å². The summed E-state index contributed by atoms with van der Waals surface area (Å²) < 4.78 is 0. The van der Waals surface area contributed by atoms with Crippen LogP contribution < -0.4 is 0 Å². The van der Waals surface area contributed by atoms with Gasteiger partial charge < -0.3 is 0 Å². The molecule has 0 aromatic rings. The summed E-state index contributed by atoms with van der Waals surface area (Å²) in [6, 6.07) is 0. The second-order valence-corrected chi connectivity index (χ2v) is 5.45. The van der Waals surface area contributed by atoms with Gasteiger partial charge in [-0.1, -0.05) is 41.0 Å². The molecule has 1 fully saturated rings. The first kappa shape index (κ1) is 9.09. The molecule has 0 bridgehead atoms. The third-order valence-electron chi connectivity index (χ3n) is 4.01. The SMILES string of the molecule is CCC1CC(C)(C)C(C)(C)C1. The summed E-state index contributed by atoms with van der Waals surface area (Å²) in [7, 11) is 0. The second kappa shape index (κ2) is 2.50. The van der Waals surface area contributed by atoms with E-state index in [1.54, 1.807) is 0 Å². The summed E-state index contributed by atoms with van der Waals surface area (Å²) in [5.41, 5.74) is 1.13. The van der Waals surface area contributed by atoms with E-state index in [4.69, 9.17) is 0 Å². The summed E-state index contributed by atoms with van der Waals surface area (Å²) in [6.07, 6.45) is 4.22. The normalized spacial score (nSPS) is 29.2. The fourth-order valence-electron chi connectivity index (χ4n) is 2.36. The third-order valence-corrected chi connectivity index (χ3v) is 4.01. The molecule has 1 aliphatic carbocycles. The van der Waals surface area contributed by atoms with Crippen LogP contribution in [0.2, 0.25) is 0 Å². The molecule has 0 aromatic heterocycles. The zero-order chi connectivity index (χ0) is 8.70. The average molecular weight is 154 g/mol. The molecule has 1 rings (SSSR count). The lowest BCUT2D eigenvalue weighted by Gasteiger charge is -2.34. The summed E-state index contributed by atoms with van der Waals surface area (Å²) in [4.78, 5) is 0. The minimum Gasteiger partial charge on any atom is -0.0651 e. The van der Waals surface area contributed by atoms with Gasteiger partial charge in [0, 0.05) is 0 Å². The highest BCUT2D eigenvalue weighted by Crippen LogP contribution is 2.55. The Bertz CT molecular complexity index is 126. The molecule has 0 nitrogen and oxygen atoms in total. The zero-order valence-corrected chi connectivity index (χ0v) is 8.70. The van der Waals surface area contributed by atoms with Crippen molar-refractivity contribution in [2.24, 2.45) is 16.7 Å². The Morgan fingerprint density at radius 1 is 1.00 bits per heavy atom. The topological polar surface area (TPSA) is 0 Å². The predicted octanol–water partition coefficient (Wildman–Crippen LogP) is 3.86. The quantitative estimate of drug-likeness (QED) is 0.538. The van der Waals surface area contributed by atoms with Crippen LogP contribution in [-0.2, 0) is 0 Å². The van der Waals surface area contributed by atoms with E-state index in [2.05, 4.69) is 34.6 Å². The van der Waals surface area contributed by atoms with Crippen molar-refractivity contribution in [2.75, 3.05) is 0 Å². The highest BCUT2D eigenvalue weighted by Gasteiger charge is 2.45. The molecule has 0 unspecified atom stereocenters. The van der Waals surface area contributed by atoms with Crippen molar-refractivity contribution in [3.63, 3.8) is 0 Å². The number of rotatable bonds is 1. The first-order valence-electron chi connectivity index (χ1n) is 4.89. The molecular formula is C11H22. The van der Waals surface area contributed by atoms with E-state index in [1.807, 2.05) is 0 Å². The van der Waals surface area contributed by atoms with Gasteiger partial charge in [-0.3, -0.25) is 0 Å². The molecule has 0 spiro atoms. The Hall–Kier alpha value is 0. The molecule has 66 valence electrons. The van der Waals surface area contributed by atoms with E-state index in [0.717, 1.165) is 5.92 Å². The fourth-order valence-corrected chi connectivity index (χ4v) is 2.36. The summed E-state index contributed by atoms with van der Waals surface area (Å²) in [5, 5.41) is 0. The summed E-state index contributed by atoms with van der Waals surface area (Å²) in [6.45, 7) is 12.0. The van der Waals surface area contributed by atoms with E-state index in [9.17, 15) is 0 Å². The molecule has 0 radical (unpaired) electrons. The van der Waals surface area contributed by atoms with Gasteiger partial charge in [0.25, 0.3) is 0 Å². The molecule has 0 heterocycles. The van der Waals surface area contributed by atoms with Crippen molar-refractivity contribution in [3.05, 3.63) is 0 Å². The molecule has 11 heavy (non-hydrogen) atoms. The second-order valence-electron chi connectivity index (χ2n) is 5.45. The van der Waals surface area contributed by atoms with Gasteiger partial charge in [-0.05, 0) is 29.6 Å². The maximum absolute atomic E-state index is 2.42. The number of hydrogen-bond donors (Lipinski definition) is 0. The Labute approximate surface area is 71.4 Å². The van der Waals surface area contributed by atoms with Crippen molar-refractivity contribution < 1.29 is 0 Å². The van der Waals surface area contributed by atoms with Crippen molar-refractivity contribution in [1.82, 2.24) is 0 Å². The molecule has 0 N–H and O–H groups in total. The van der Waals surface area contributed by atoms with E-state index in [0.29, 0.717) is 10.8 Å². The molecule has 0 amide bonds. The minimum atomic E-state index is 0.563. The maximum atomic E-state index is 2.42. The molecule has 1 saturated carbocycles. The smallest absolute Gasteiger partial charge is 0.0300 e. The molecule has 0 atom stereocenters. The van der Waals surface area contributed by atoms with Crippen LogP contribution in [0.25, 0.3) is 0 Å². The minimum absolute atomic E-state index is 0.563. The van der Waals surface area contributed by atoms with Crippen molar-refractivity contribution in [1.29, 1.82) is 0 Å². The monoisotopic (exact) mass is 154 g/mol. The fraction of sp³-hybridized carbons (Fsp3) is 1.00. The van der Waals surface area contributed by atoms with Crippen molar-refractivity contribution in [2.45, 2.75) is 53.9 Å². The van der Waals surface area contributed by atoms with Gasteiger partial charge in [0.05, 0.1) is 0 Å². The molecule has 0 saturated heterocycles. The first-order valence-corrected chi connectivity index (χ1v) is 4.89. The van der Waals surface area contributed by atoms with Gasteiger partial charge in [-0.15, -0.1) is 0 Å². The number of hydrogen-bond acceptors (Lipinski definition) is 0. The summed E-state index contributed by atoms with van der Waals surface area (Å²) in [5.74, 6) is 0.986. The van der Waals surface area contributed by atoms with Crippen LogP contribution in [0.3, 0.4) is 0 Å². The van der Waals surface area contributed by atoms with Crippen LogP contribution in [0.1, 0.15) is 53.9 Å². The lowest BCUT2D eigenvalue weighted by Crippen LogP contribution is -2.25. The Morgan fingerprint density at radius 2 is 1.36 bits per heavy atom. The van der Waals surface area contributed by atoms with Gasteiger partial charge in [-0.2, -0.15) is 0 Å². The highest BCUT2D eigenvalue weighted by molar-refractivity contribution is 4.95. The largest absolute Gasteiger partial charge is 0.0651 e. The van der Waals surface area contributed by atoms with E-state index in [1.165, 1.54) is 19.3 Å². The van der Waals surface area contributed by atoms with Crippen LogP contribution in [0.15, 0.2) is 0 Å². The third kappa shape index (κ3) is 1.45. The Kier molecular flexibility index (Phi) is 2.07. The van der Waals surface area contributed by atoms with Gasteiger partial charge in [0.1, 0.15) is 0 Å². The average Bonchev–Trinajstić information content (AvgIpc) is 2.03. The van der Waals surface area contributed by atoms with E-state index in [-0.39, 0.29) is 0 Å². The van der Waals surface area contributed by atoms with E-state index >= 15 is 0 Å². The molecular weight excluding hydrogens is 132 g/mol. The van der Waals surface area contributed by atoms with Crippen LogP contribution >= 0.6 is 0 Å². The first-order chi connectivity index (χ1) is 4.89. The predicted molar refractivity (Wildman–Crippen MR) is 50.6 cm³/mol. The lowest BCUT2D eigenvalue weighted by atomic mass is 9.71. The Morgan fingerprint density at radius 3 is 1.55 bits per heavy atom. The standard InChI is InChI=1S/C11H22/c1-6-9-7-10(2,3)11(4,5)8-9/h9H,6-8H2,1-5H3. The lowest BCUT2D eigenvalue weighted by molar-refractivity contribution is 0.157. The van der Waals surface area contributed by atoms with Crippen LogP contribution in [0.4, 0.5) is 0 Å². The Balaban J connectivity index is 2.72. The van der Waals surface area contributed by atoms with Crippen molar-refractivity contribution in [3.8, 4) is 0 Å². The van der Waals surface area contributed by atoms with E-state index < -0.39 is 0 Å².